The lowest BCUT2D eigenvalue weighted by atomic mass is 9.85. The Bertz CT molecular complexity index is 1340. The second-order valence-electron chi connectivity index (χ2n) is 8.37. The SMILES string of the molecule is N#Cc1ccc(NC(=O)CCc2cc(C(N)=O)ccc2C2NCCc3cc(C(=O)O)ccc32)cc1. The molecule has 8 nitrogen and oxygen atoms in total. The van der Waals surface area contributed by atoms with Crippen LogP contribution in [0.4, 0.5) is 5.69 Å². The molecule has 3 aromatic rings. The molecule has 1 heterocycles. The number of carboxylic acids is 1. The van der Waals surface area contributed by atoms with Crippen molar-refractivity contribution in [3.05, 3.63) is 99.6 Å². The second kappa shape index (κ2) is 10.2. The quantitative estimate of drug-likeness (QED) is 0.419. The fourth-order valence-corrected chi connectivity index (χ4v) is 4.33. The first-order valence-corrected chi connectivity index (χ1v) is 11.2. The summed E-state index contributed by atoms with van der Waals surface area (Å²) in [4.78, 5) is 35.8. The molecule has 1 aliphatic heterocycles. The fourth-order valence-electron chi connectivity index (χ4n) is 4.33. The highest BCUT2D eigenvalue weighted by Crippen LogP contribution is 2.32. The van der Waals surface area contributed by atoms with Gasteiger partial charge in [-0.1, -0.05) is 12.1 Å². The Labute approximate surface area is 202 Å². The Morgan fingerprint density at radius 2 is 1.74 bits per heavy atom. The number of primary amides is 1. The van der Waals surface area contributed by atoms with Crippen molar-refractivity contribution < 1.29 is 19.5 Å². The van der Waals surface area contributed by atoms with E-state index in [1.165, 1.54) is 0 Å². The van der Waals surface area contributed by atoms with E-state index in [4.69, 9.17) is 11.0 Å². The van der Waals surface area contributed by atoms with E-state index in [1.54, 1.807) is 48.5 Å². The van der Waals surface area contributed by atoms with Crippen molar-refractivity contribution in [1.29, 1.82) is 5.26 Å². The molecule has 0 aromatic heterocycles. The maximum atomic E-state index is 12.6. The van der Waals surface area contributed by atoms with Crippen molar-refractivity contribution in [2.24, 2.45) is 5.73 Å². The van der Waals surface area contributed by atoms with Crippen molar-refractivity contribution in [3.63, 3.8) is 0 Å². The number of carboxylic acid groups (broad SMARTS) is 1. The second-order valence-corrected chi connectivity index (χ2v) is 8.37. The number of carbonyl (C=O) groups excluding carboxylic acids is 2. The van der Waals surface area contributed by atoms with E-state index in [9.17, 15) is 19.5 Å². The minimum absolute atomic E-state index is 0.173. The van der Waals surface area contributed by atoms with Gasteiger partial charge >= 0.3 is 5.97 Å². The summed E-state index contributed by atoms with van der Waals surface area (Å²) in [6, 6.07) is 18.8. The Morgan fingerprint density at radius 1 is 1.03 bits per heavy atom. The Morgan fingerprint density at radius 3 is 2.43 bits per heavy atom. The highest BCUT2D eigenvalue weighted by Gasteiger charge is 2.25. The molecular formula is C27H24N4O4. The zero-order chi connectivity index (χ0) is 24.9. The Kier molecular flexibility index (Phi) is 6.90. The van der Waals surface area contributed by atoms with Gasteiger partial charge in [-0.15, -0.1) is 0 Å². The molecule has 0 saturated carbocycles. The van der Waals surface area contributed by atoms with Gasteiger partial charge in [0.15, 0.2) is 0 Å². The predicted molar refractivity (Wildman–Crippen MR) is 130 cm³/mol. The summed E-state index contributed by atoms with van der Waals surface area (Å²) in [5.41, 5.74) is 10.8. The molecule has 5 N–H and O–H groups in total. The number of amides is 2. The number of aryl methyl sites for hydroxylation is 1. The number of rotatable bonds is 7. The summed E-state index contributed by atoms with van der Waals surface area (Å²) in [7, 11) is 0. The van der Waals surface area contributed by atoms with Crippen LogP contribution in [-0.4, -0.2) is 29.4 Å². The number of nitrogens with zero attached hydrogens (tertiary/aromatic N) is 1. The Balaban J connectivity index is 1.59. The third-order valence-corrected chi connectivity index (χ3v) is 6.10. The van der Waals surface area contributed by atoms with Gasteiger partial charge in [0.05, 0.1) is 23.2 Å². The van der Waals surface area contributed by atoms with Gasteiger partial charge in [0, 0.05) is 24.2 Å². The number of carbonyl (C=O) groups is 3. The minimum atomic E-state index is -0.970. The van der Waals surface area contributed by atoms with Gasteiger partial charge in [0.1, 0.15) is 0 Å². The summed E-state index contributed by atoms with van der Waals surface area (Å²) in [6.07, 6.45) is 1.25. The largest absolute Gasteiger partial charge is 0.478 e. The third-order valence-electron chi connectivity index (χ3n) is 6.10. The van der Waals surface area contributed by atoms with E-state index in [1.807, 2.05) is 18.2 Å². The molecule has 0 bridgehead atoms. The van der Waals surface area contributed by atoms with Crippen LogP contribution in [0.3, 0.4) is 0 Å². The number of aromatic carboxylic acids is 1. The molecule has 2 amide bonds. The monoisotopic (exact) mass is 468 g/mol. The van der Waals surface area contributed by atoms with Crippen LogP contribution in [-0.2, 0) is 17.6 Å². The molecule has 3 aromatic carbocycles. The maximum Gasteiger partial charge on any atom is 0.335 e. The molecule has 0 aliphatic carbocycles. The van der Waals surface area contributed by atoms with Crippen LogP contribution in [0.25, 0.3) is 0 Å². The first kappa shape index (κ1) is 23.7. The molecule has 176 valence electrons. The number of benzene rings is 3. The number of anilines is 1. The van der Waals surface area contributed by atoms with Crippen LogP contribution in [0.15, 0.2) is 60.7 Å². The van der Waals surface area contributed by atoms with Gasteiger partial charge < -0.3 is 21.5 Å². The molecule has 35 heavy (non-hydrogen) atoms. The molecule has 0 radical (unpaired) electrons. The van der Waals surface area contributed by atoms with Gasteiger partial charge in [-0.05, 0) is 83.6 Å². The summed E-state index contributed by atoms with van der Waals surface area (Å²) >= 11 is 0. The van der Waals surface area contributed by atoms with Crippen molar-refractivity contribution in [3.8, 4) is 6.07 Å². The number of nitrogens with two attached hydrogens (primary N) is 1. The van der Waals surface area contributed by atoms with Crippen molar-refractivity contribution >= 4 is 23.5 Å². The van der Waals surface area contributed by atoms with Crippen LogP contribution < -0.4 is 16.4 Å². The average Bonchev–Trinajstić information content (AvgIpc) is 2.87. The number of hydrogen-bond donors (Lipinski definition) is 4. The lowest BCUT2D eigenvalue weighted by Crippen LogP contribution is -2.31. The zero-order valence-electron chi connectivity index (χ0n) is 18.9. The standard InChI is InChI=1S/C27H24N4O4/c28-15-16-1-6-21(7-2-16)31-24(32)10-5-17-13-19(26(29)33)3-8-22(17)25-23-9-4-20(27(34)35)14-18(23)11-12-30-25/h1-4,6-9,13-14,25,30H,5,10-12H2,(H2,29,33)(H,31,32)(H,34,35). The van der Waals surface area contributed by atoms with Gasteiger partial charge in [-0.2, -0.15) is 5.26 Å². The van der Waals surface area contributed by atoms with Gasteiger partial charge in [-0.3, -0.25) is 9.59 Å². The van der Waals surface area contributed by atoms with Gasteiger partial charge in [0.2, 0.25) is 11.8 Å². The molecule has 0 saturated heterocycles. The zero-order valence-corrected chi connectivity index (χ0v) is 18.9. The van der Waals surface area contributed by atoms with E-state index in [0.717, 1.165) is 22.3 Å². The molecule has 0 fully saturated rings. The van der Waals surface area contributed by atoms with Crippen molar-refractivity contribution in [1.82, 2.24) is 5.32 Å². The number of nitriles is 1. The fraction of sp³-hybridized carbons (Fsp3) is 0.185. The topological polar surface area (TPSA) is 145 Å². The van der Waals surface area contributed by atoms with E-state index in [2.05, 4.69) is 10.6 Å². The van der Waals surface area contributed by atoms with Crippen LogP contribution in [0, 0.1) is 11.3 Å². The maximum absolute atomic E-state index is 12.6. The lowest BCUT2D eigenvalue weighted by molar-refractivity contribution is -0.116. The number of hydrogen-bond acceptors (Lipinski definition) is 5. The normalized spacial score (nSPS) is 14.4. The predicted octanol–water partition coefficient (Wildman–Crippen LogP) is 3.16. The molecule has 1 atom stereocenters. The minimum Gasteiger partial charge on any atom is -0.478 e. The van der Waals surface area contributed by atoms with Crippen molar-refractivity contribution in [2.75, 3.05) is 11.9 Å². The first-order valence-electron chi connectivity index (χ1n) is 11.2. The average molecular weight is 469 g/mol. The van der Waals surface area contributed by atoms with Gasteiger partial charge in [-0.25, -0.2) is 4.79 Å². The summed E-state index contributed by atoms with van der Waals surface area (Å²) in [5.74, 6) is -1.72. The highest BCUT2D eigenvalue weighted by atomic mass is 16.4. The van der Waals surface area contributed by atoms with Crippen LogP contribution in [0.2, 0.25) is 0 Å². The Hall–Kier alpha value is -4.48. The number of nitrogens with one attached hydrogen (secondary N) is 2. The molecular weight excluding hydrogens is 444 g/mol. The van der Waals surface area contributed by atoms with Crippen LogP contribution in [0.5, 0.6) is 0 Å². The van der Waals surface area contributed by atoms with Gasteiger partial charge in [0.25, 0.3) is 0 Å². The molecule has 1 aliphatic rings. The first-order chi connectivity index (χ1) is 16.9. The van der Waals surface area contributed by atoms with Crippen LogP contribution in [0.1, 0.15) is 61.0 Å². The molecule has 0 spiro atoms. The third kappa shape index (κ3) is 5.37. The van der Waals surface area contributed by atoms with E-state index in [0.29, 0.717) is 36.2 Å². The van der Waals surface area contributed by atoms with Crippen LogP contribution >= 0.6 is 0 Å². The van der Waals surface area contributed by atoms with Crippen molar-refractivity contribution in [2.45, 2.75) is 25.3 Å². The van der Waals surface area contributed by atoms with E-state index < -0.39 is 11.9 Å². The summed E-state index contributed by atoms with van der Waals surface area (Å²) in [6.45, 7) is 0.664. The number of fused-ring (bicyclic) bond motifs is 1. The lowest BCUT2D eigenvalue weighted by Gasteiger charge is -2.29. The van der Waals surface area contributed by atoms with E-state index >= 15 is 0 Å². The molecule has 8 heteroatoms. The smallest absolute Gasteiger partial charge is 0.335 e. The van der Waals surface area contributed by atoms with E-state index in [-0.39, 0.29) is 23.9 Å². The highest BCUT2D eigenvalue weighted by molar-refractivity contribution is 5.93. The summed E-state index contributed by atoms with van der Waals surface area (Å²) in [5, 5.41) is 24.5. The summed E-state index contributed by atoms with van der Waals surface area (Å²) < 4.78 is 0. The molecule has 4 rings (SSSR count). The molecule has 1 unspecified atom stereocenters.